The van der Waals surface area contributed by atoms with Gasteiger partial charge in [-0.2, -0.15) is 0 Å². The Labute approximate surface area is 115 Å². The zero-order chi connectivity index (χ0) is 13.5. The summed E-state index contributed by atoms with van der Waals surface area (Å²) in [5, 5.41) is 3.52. The van der Waals surface area contributed by atoms with E-state index in [-0.39, 0.29) is 0 Å². The molecule has 0 fully saturated rings. The van der Waals surface area contributed by atoms with Gasteiger partial charge in [0.1, 0.15) is 0 Å². The van der Waals surface area contributed by atoms with Gasteiger partial charge in [-0.15, -0.1) is 0 Å². The zero-order valence-corrected chi connectivity index (χ0v) is 11.8. The van der Waals surface area contributed by atoms with E-state index in [1.807, 2.05) is 12.3 Å². The lowest BCUT2D eigenvalue weighted by Gasteiger charge is -2.13. The van der Waals surface area contributed by atoms with Gasteiger partial charge in [0.2, 0.25) is 0 Å². The summed E-state index contributed by atoms with van der Waals surface area (Å²) in [5.41, 5.74) is 3.78. The summed E-state index contributed by atoms with van der Waals surface area (Å²) >= 11 is 0. The largest absolute Gasteiger partial charge is 0.314 e. The fourth-order valence-corrected chi connectivity index (χ4v) is 2.18. The Bertz CT molecular complexity index is 476. The highest BCUT2D eigenvalue weighted by Crippen LogP contribution is 2.18. The number of hydrogen-bond donors (Lipinski definition) is 1. The second-order valence-corrected chi connectivity index (χ2v) is 5.00. The summed E-state index contributed by atoms with van der Waals surface area (Å²) in [6.07, 6.45) is 5.97. The van der Waals surface area contributed by atoms with Crippen LogP contribution >= 0.6 is 0 Å². The normalized spacial score (nSPS) is 12.3. The fourth-order valence-electron chi connectivity index (χ4n) is 2.18. The smallest absolute Gasteiger partial charge is 0.0346 e. The van der Waals surface area contributed by atoms with Gasteiger partial charge in [0.15, 0.2) is 0 Å². The van der Waals surface area contributed by atoms with E-state index in [9.17, 15) is 0 Å². The molecule has 1 heterocycles. The van der Waals surface area contributed by atoms with Crippen LogP contribution in [-0.2, 0) is 6.42 Å². The average Bonchev–Trinajstić information content (AvgIpc) is 2.47. The summed E-state index contributed by atoms with van der Waals surface area (Å²) in [5.74, 6) is 0. The van der Waals surface area contributed by atoms with E-state index >= 15 is 0 Å². The third-order valence-electron chi connectivity index (χ3n) is 3.23. The van der Waals surface area contributed by atoms with E-state index < -0.39 is 0 Å². The molecule has 2 rings (SSSR count). The molecule has 1 atom stereocenters. The molecular weight excluding hydrogens is 232 g/mol. The summed E-state index contributed by atoms with van der Waals surface area (Å²) in [4.78, 5) is 4.16. The van der Waals surface area contributed by atoms with Crippen molar-refractivity contribution in [1.29, 1.82) is 0 Å². The van der Waals surface area contributed by atoms with Crippen LogP contribution < -0.4 is 5.32 Å². The maximum Gasteiger partial charge on any atom is 0.0346 e. The van der Waals surface area contributed by atoms with Crippen molar-refractivity contribution in [2.45, 2.75) is 32.7 Å². The number of nitrogens with zero attached hydrogens (tertiary/aromatic N) is 1. The lowest BCUT2D eigenvalue weighted by atomic mass is 10.0. The Kier molecular flexibility index (Phi) is 5.10. The summed E-state index contributed by atoms with van der Waals surface area (Å²) < 4.78 is 0. The van der Waals surface area contributed by atoms with Crippen molar-refractivity contribution >= 4 is 0 Å². The van der Waals surface area contributed by atoms with Gasteiger partial charge in [-0.3, -0.25) is 4.98 Å². The van der Waals surface area contributed by atoms with Crippen LogP contribution in [0.1, 0.15) is 25.8 Å². The van der Waals surface area contributed by atoms with Crippen LogP contribution in [0.5, 0.6) is 0 Å². The van der Waals surface area contributed by atoms with Crippen LogP contribution in [0.4, 0.5) is 0 Å². The van der Waals surface area contributed by atoms with Crippen LogP contribution in [-0.4, -0.2) is 17.6 Å². The topological polar surface area (TPSA) is 24.9 Å². The summed E-state index contributed by atoms with van der Waals surface area (Å²) in [6, 6.07) is 13.4. The van der Waals surface area contributed by atoms with Crippen LogP contribution in [0, 0.1) is 0 Å². The molecule has 1 aromatic heterocycles. The number of hydrogen-bond acceptors (Lipinski definition) is 2. The van der Waals surface area contributed by atoms with E-state index in [1.165, 1.54) is 23.1 Å². The maximum atomic E-state index is 4.16. The Hall–Kier alpha value is -1.67. The van der Waals surface area contributed by atoms with Crippen molar-refractivity contribution in [2.24, 2.45) is 0 Å². The van der Waals surface area contributed by atoms with Crippen molar-refractivity contribution in [1.82, 2.24) is 10.3 Å². The quantitative estimate of drug-likeness (QED) is 0.850. The van der Waals surface area contributed by atoms with Gasteiger partial charge in [-0.05, 0) is 49.1 Å². The molecule has 0 saturated carbocycles. The maximum absolute atomic E-state index is 4.16. The Balaban J connectivity index is 1.99. The van der Waals surface area contributed by atoms with Crippen molar-refractivity contribution in [3.8, 4) is 11.1 Å². The number of benzene rings is 1. The van der Waals surface area contributed by atoms with Crippen LogP contribution in [0.25, 0.3) is 11.1 Å². The molecule has 0 spiro atoms. The average molecular weight is 254 g/mol. The molecule has 0 amide bonds. The van der Waals surface area contributed by atoms with E-state index in [1.54, 1.807) is 6.20 Å². The highest BCUT2D eigenvalue weighted by Gasteiger charge is 2.03. The van der Waals surface area contributed by atoms with Gasteiger partial charge in [0.25, 0.3) is 0 Å². The highest BCUT2D eigenvalue weighted by atomic mass is 14.9. The Morgan fingerprint density at radius 1 is 1.11 bits per heavy atom. The van der Waals surface area contributed by atoms with Gasteiger partial charge in [0.05, 0.1) is 0 Å². The second-order valence-electron chi connectivity index (χ2n) is 5.00. The lowest BCUT2D eigenvalue weighted by Crippen LogP contribution is -2.28. The van der Waals surface area contributed by atoms with Gasteiger partial charge in [0, 0.05) is 18.4 Å². The Morgan fingerprint density at radius 2 is 1.89 bits per heavy atom. The van der Waals surface area contributed by atoms with Gasteiger partial charge >= 0.3 is 0 Å². The molecule has 1 N–H and O–H groups in total. The monoisotopic (exact) mass is 254 g/mol. The standard InChI is InChI=1S/C17H22N2/c1-3-10-19-14(2)12-15-6-8-16(9-7-15)17-5-4-11-18-13-17/h4-9,11,13-14,19H,3,10,12H2,1-2H3. The molecule has 2 heteroatoms. The van der Waals surface area contributed by atoms with Gasteiger partial charge in [-0.1, -0.05) is 37.3 Å². The van der Waals surface area contributed by atoms with Crippen molar-refractivity contribution in [2.75, 3.05) is 6.54 Å². The minimum atomic E-state index is 0.532. The highest BCUT2D eigenvalue weighted by molar-refractivity contribution is 5.62. The fraction of sp³-hybridized carbons (Fsp3) is 0.353. The minimum absolute atomic E-state index is 0.532. The summed E-state index contributed by atoms with van der Waals surface area (Å²) in [7, 11) is 0. The number of nitrogens with one attached hydrogen (secondary N) is 1. The third kappa shape index (κ3) is 4.18. The van der Waals surface area contributed by atoms with Crippen LogP contribution in [0.15, 0.2) is 48.8 Å². The van der Waals surface area contributed by atoms with E-state index in [0.29, 0.717) is 6.04 Å². The third-order valence-corrected chi connectivity index (χ3v) is 3.23. The molecule has 2 nitrogen and oxygen atoms in total. The summed E-state index contributed by atoms with van der Waals surface area (Å²) in [6.45, 7) is 5.53. The molecule has 2 aromatic rings. The molecule has 1 unspecified atom stereocenters. The van der Waals surface area contributed by atoms with Crippen LogP contribution in [0.2, 0.25) is 0 Å². The number of aromatic nitrogens is 1. The van der Waals surface area contributed by atoms with Gasteiger partial charge < -0.3 is 5.32 Å². The van der Waals surface area contributed by atoms with Gasteiger partial charge in [-0.25, -0.2) is 0 Å². The lowest BCUT2D eigenvalue weighted by molar-refractivity contribution is 0.543. The Morgan fingerprint density at radius 3 is 2.53 bits per heavy atom. The molecule has 0 aliphatic heterocycles. The molecule has 0 bridgehead atoms. The van der Waals surface area contributed by atoms with Crippen LogP contribution in [0.3, 0.4) is 0 Å². The first kappa shape index (κ1) is 13.8. The van der Waals surface area contributed by atoms with Crippen molar-refractivity contribution in [3.05, 3.63) is 54.4 Å². The molecule has 0 radical (unpaired) electrons. The molecule has 0 aliphatic carbocycles. The second kappa shape index (κ2) is 7.05. The predicted molar refractivity (Wildman–Crippen MR) is 81.1 cm³/mol. The van der Waals surface area contributed by atoms with E-state index in [2.05, 4.69) is 54.5 Å². The van der Waals surface area contributed by atoms with E-state index in [4.69, 9.17) is 0 Å². The number of rotatable bonds is 6. The zero-order valence-electron chi connectivity index (χ0n) is 11.8. The predicted octanol–water partition coefficient (Wildman–Crippen LogP) is 3.68. The molecule has 19 heavy (non-hydrogen) atoms. The SMILES string of the molecule is CCCNC(C)Cc1ccc(-c2cccnc2)cc1. The minimum Gasteiger partial charge on any atom is -0.314 e. The molecular formula is C17H22N2. The molecule has 0 aliphatic rings. The first-order valence-electron chi connectivity index (χ1n) is 7.02. The first-order chi connectivity index (χ1) is 9.29. The van der Waals surface area contributed by atoms with E-state index in [0.717, 1.165) is 13.0 Å². The molecule has 100 valence electrons. The molecule has 1 aromatic carbocycles. The molecule has 0 saturated heterocycles. The first-order valence-corrected chi connectivity index (χ1v) is 7.02. The van der Waals surface area contributed by atoms with Crippen molar-refractivity contribution in [3.63, 3.8) is 0 Å². The van der Waals surface area contributed by atoms with Crippen molar-refractivity contribution < 1.29 is 0 Å². The number of pyridine rings is 1.